The highest BCUT2D eigenvalue weighted by atomic mass is 16.1. The van der Waals surface area contributed by atoms with Crippen molar-refractivity contribution in [1.82, 2.24) is 5.32 Å². The van der Waals surface area contributed by atoms with Crippen LogP contribution in [-0.4, -0.2) is 11.9 Å². The summed E-state index contributed by atoms with van der Waals surface area (Å²) in [4.78, 5) is 11.4. The maximum Gasteiger partial charge on any atom is 0.217 e. The molecule has 0 spiro atoms. The minimum Gasteiger partial charge on any atom is -0.353 e. The van der Waals surface area contributed by atoms with E-state index in [-0.39, 0.29) is 5.91 Å². The third-order valence-corrected chi connectivity index (χ3v) is 5.61. The molecule has 0 unspecified atom stereocenters. The third-order valence-electron chi connectivity index (χ3n) is 5.61. The number of hydrogen-bond donors (Lipinski definition) is 1. The molecule has 0 radical (unpaired) electrons. The summed E-state index contributed by atoms with van der Waals surface area (Å²) in [5, 5.41) is 3.25. The van der Waals surface area contributed by atoms with Crippen LogP contribution in [0, 0.1) is 23.2 Å². The van der Waals surface area contributed by atoms with Crippen LogP contribution in [0.4, 0.5) is 0 Å². The predicted octanol–water partition coefficient (Wildman–Crippen LogP) is 3.12. The van der Waals surface area contributed by atoms with E-state index in [0.717, 1.165) is 24.2 Å². The minimum absolute atomic E-state index is 0.160. The first kappa shape index (κ1) is 11.6. The Kier molecular flexibility index (Phi) is 2.72. The van der Waals surface area contributed by atoms with Gasteiger partial charge in [-0.3, -0.25) is 4.79 Å². The fourth-order valence-electron chi connectivity index (χ4n) is 5.54. The van der Waals surface area contributed by atoms with Gasteiger partial charge in [-0.2, -0.15) is 0 Å². The van der Waals surface area contributed by atoms with E-state index in [0.29, 0.717) is 11.5 Å². The van der Waals surface area contributed by atoms with Gasteiger partial charge < -0.3 is 5.32 Å². The quantitative estimate of drug-likeness (QED) is 0.800. The Morgan fingerprint density at radius 3 is 2.00 bits per heavy atom. The Hall–Kier alpha value is -0.530. The fourth-order valence-corrected chi connectivity index (χ4v) is 5.54. The molecule has 4 aliphatic rings. The summed E-state index contributed by atoms with van der Waals surface area (Å²) in [5.74, 6) is 3.09. The molecule has 1 N–H and O–H groups in total. The highest BCUT2D eigenvalue weighted by molar-refractivity contribution is 5.73. The Balaban J connectivity index is 1.82. The van der Waals surface area contributed by atoms with Crippen molar-refractivity contribution in [2.24, 2.45) is 23.2 Å². The van der Waals surface area contributed by atoms with Crippen LogP contribution in [0.5, 0.6) is 0 Å². The number of carbonyl (C=O) groups is 1. The summed E-state index contributed by atoms with van der Waals surface area (Å²) in [6.45, 7) is 3.91. The van der Waals surface area contributed by atoms with E-state index in [9.17, 15) is 4.79 Å². The molecule has 0 aromatic heterocycles. The van der Waals surface area contributed by atoms with E-state index in [2.05, 4.69) is 12.2 Å². The molecular formula is C15H25NO. The van der Waals surface area contributed by atoms with Crippen molar-refractivity contribution >= 4 is 5.91 Å². The molecule has 1 amide bonds. The van der Waals surface area contributed by atoms with E-state index in [1.165, 1.54) is 38.5 Å². The Morgan fingerprint density at radius 2 is 1.65 bits per heavy atom. The molecule has 2 nitrogen and oxygen atoms in total. The van der Waals surface area contributed by atoms with Crippen LogP contribution >= 0.6 is 0 Å². The molecular weight excluding hydrogens is 210 g/mol. The lowest BCUT2D eigenvalue weighted by Crippen LogP contribution is -2.56. The van der Waals surface area contributed by atoms with Gasteiger partial charge in [-0.1, -0.05) is 6.92 Å². The van der Waals surface area contributed by atoms with E-state index in [4.69, 9.17) is 0 Å². The van der Waals surface area contributed by atoms with Crippen LogP contribution in [0.1, 0.15) is 58.8 Å². The normalized spacial score (nSPS) is 44.7. The molecule has 4 rings (SSSR count). The Labute approximate surface area is 105 Å². The minimum atomic E-state index is 0.160. The van der Waals surface area contributed by atoms with Crippen molar-refractivity contribution in [3.63, 3.8) is 0 Å². The van der Waals surface area contributed by atoms with Crippen LogP contribution in [-0.2, 0) is 4.79 Å². The lowest BCUT2D eigenvalue weighted by molar-refractivity contribution is -0.124. The molecule has 96 valence electrons. The van der Waals surface area contributed by atoms with Crippen LogP contribution in [0.25, 0.3) is 0 Å². The van der Waals surface area contributed by atoms with Gasteiger partial charge in [-0.15, -0.1) is 0 Å². The first-order valence-corrected chi connectivity index (χ1v) is 7.38. The first-order chi connectivity index (χ1) is 8.11. The van der Waals surface area contributed by atoms with Crippen molar-refractivity contribution in [2.45, 2.75) is 64.8 Å². The summed E-state index contributed by atoms with van der Waals surface area (Å²) >= 11 is 0. The smallest absolute Gasteiger partial charge is 0.217 e. The molecule has 2 heteroatoms. The predicted molar refractivity (Wildman–Crippen MR) is 68.5 cm³/mol. The Bertz CT molecular complexity index is 288. The maximum atomic E-state index is 11.4. The molecule has 0 aromatic rings. The highest BCUT2D eigenvalue weighted by Gasteiger charge is 2.53. The zero-order valence-electron chi connectivity index (χ0n) is 11.2. The van der Waals surface area contributed by atoms with Gasteiger partial charge in [0, 0.05) is 13.0 Å². The molecule has 4 saturated carbocycles. The molecule has 4 aliphatic carbocycles. The van der Waals surface area contributed by atoms with Crippen molar-refractivity contribution in [3.8, 4) is 0 Å². The molecule has 17 heavy (non-hydrogen) atoms. The third kappa shape index (κ3) is 1.90. The van der Waals surface area contributed by atoms with Gasteiger partial charge in [0.2, 0.25) is 5.91 Å². The molecule has 4 fully saturated rings. The van der Waals surface area contributed by atoms with Crippen molar-refractivity contribution in [1.29, 1.82) is 0 Å². The van der Waals surface area contributed by atoms with Crippen molar-refractivity contribution in [3.05, 3.63) is 0 Å². The number of rotatable bonds is 3. The maximum absolute atomic E-state index is 11.4. The Morgan fingerprint density at radius 1 is 1.18 bits per heavy atom. The molecule has 1 atom stereocenters. The van der Waals surface area contributed by atoms with E-state index in [1.807, 2.05) is 0 Å². The summed E-state index contributed by atoms with van der Waals surface area (Å²) < 4.78 is 0. The second-order valence-electron chi connectivity index (χ2n) is 6.94. The molecule has 0 heterocycles. The first-order valence-electron chi connectivity index (χ1n) is 7.38. The molecule has 0 aliphatic heterocycles. The van der Waals surface area contributed by atoms with Crippen molar-refractivity contribution in [2.75, 3.05) is 0 Å². The molecule has 0 saturated heterocycles. The topological polar surface area (TPSA) is 29.1 Å². The van der Waals surface area contributed by atoms with Gasteiger partial charge >= 0.3 is 0 Å². The summed E-state index contributed by atoms with van der Waals surface area (Å²) in [6, 6.07) is 0.438. The number of nitrogens with one attached hydrogen (secondary N) is 1. The summed E-state index contributed by atoms with van der Waals surface area (Å²) in [6.07, 6.45) is 9.71. The van der Waals surface area contributed by atoms with Gasteiger partial charge in [-0.25, -0.2) is 0 Å². The monoisotopic (exact) mass is 235 g/mol. The average molecular weight is 235 g/mol. The van der Waals surface area contributed by atoms with E-state index in [1.54, 1.807) is 6.92 Å². The van der Waals surface area contributed by atoms with E-state index < -0.39 is 0 Å². The average Bonchev–Trinajstić information content (AvgIpc) is 2.23. The van der Waals surface area contributed by atoms with E-state index >= 15 is 0 Å². The van der Waals surface area contributed by atoms with Gasteiger partial charge in [0.25, 0.3) is 0 Å². The zero-order chi connectivity index (χ0) is 12.0. The summed E-state index contributed by atoms with van der Waals surface area (Å²) in [5.41, 5.74) is 0.467. The number of amides is 1. The lowest BCUT2D eigenvalue weighted by Gasteiger charge is -2.59. The number of hydrogen-bond acceptors (Lipinski definition) is 1. The molecule has 0 aromatic carbocycles. The molecule has 4 bridgehead atoms. The lowest BCUT2D eigenvalue weighted by atomic mass is 9.47. The van der Waals surface area contributed by atoms with Gasteiger partial charge in [0.05, 0.1) is 0 Å². The fraction of sp³-hybridized carbons (Fsp3) is 0.933. The SMILES string of the molecule is CC[C@H](NC(C)=O)C12CC3CC(CC(C3)C1)C2. The second-order valence-corrected chi connectivity index (χ2v) is 6.94. The van der Waals surface area contributed by atoms with Crippen LogP contribution in [0.2, 0.25) is 0 Å². The second kappa shape index (κ2) is 4.00. The summed E-state index contributed by atoms with van der Waals surface area (Å²) in [7, 11) is 0. The van der Waals surface area contributed by atoms with Gasteiger partial charge in [-0.05, 0) is 68.1 Å². The van der Waals surface area contributed by atoms with Crippen LogP contribution < -0.4 is 5.32 Å². The standard InChI is InChI=1S/C15H25NO/c1-3-14(16-10(2)17)15-7-11-4-12(8-15)6-13(5-11)9-15/h11-14H,3-9H2,1-2H3,(H,16,17)/t11?,12?,13?,14-,15?/m0/s1. The zero-order valence-corrected chi connectivity index (χ0v) is 11.2. The van der Waals surface area contributed by atoms with Gasteiger partial charge in [0.15, 0.2) is 0 Å². The highest BCUT2D eigenvalue weighted by Crippen LogP contribution is 2.61. The van der Waals surface area contributed by atoms with Crippen molar-refractivity contribution < 1.29 is 4.79 Å². The largest absolute Gasteiger partial charge is 0.353 e. The number of carbonyl (C=O) groups excluding carboxylic acids is 1. The van der Waals surface area contributed by atoms with Crippen LogP contribution in [0.15, 0.2) is 0 Å². The van der Waals surface area contributed by atoms with Gasteiger partial charge in [0.1, 0.15) is 0 Å². The van der Waals surface area contributed by atoms with Crippen LogP contribution in [0.3, 0.4) is 0 Å².